The van der Waals surface area contributed by atoms with Crippen molar-refractivity contribution in [2.24, 2.45) is 0 Å². The zero-order valence-electron chi connectivity index (χ0n) is 11.0. The van der Waals surface area contributed by atoms with Gasteiger partial charge in [0.2, 0.25) is 0 Å². The van der Waals surface area contributed by atoms with Crippen molar-refractivity contribution in [3.05, 3.63) is 63.6 Å². The fraction of sp³-hybridized carbons (Fsp3) is 0.200. The molecule has 2 rings (SSSR count). The number of nitrogens with two attached hydrogens (primary N) is 1. The number of hydrogen-bond donors (Lipinski definition) is 1. The third-order valence-corrected chi connectivity index (χ3v) is 3.61. The second kappa shape index (κ2) is 6.33. The van der Waals surface area contributed by atoms with E-state index in [4.69, 9.17) is 5.73 Å². The van der Waals surface area contributed by atoms with Crippen LogP contribution in [0.15, 0.2) is 40.9 Å². The molecule has 0 radical (unpaired) electrons. The van der Waals surface area contributed by atoms with E-state index >= 15 is 0 Å². The number of rotatable bonds is 4. The summed E-state index contributed by atoms with van der Waals surface area (Å²) in [5.74, 6) is -1.08. The van der Waals surface area contributed by atoms with Crippen LogP contribution in [-0.2, 0) is 13.1 Å². The van der Waals surface area contributed by atoms with Crippen LogP contribution in [0.1, 0.15) is 11.1 Å². The van der Waals surface area contributed by atoms with Crippen molar-refractivity contribution in [2.45, 2.75) is 13.1 Å². The molecule has 106 valence electrons. The molecule has 0 amide bonds. The largest absolute Gasteiger partial charge is 0.399 e. The molecule has 0 fully saturated rings. The van der Waals surface area contributed by atoms with E-state index in [0.717, 1.165) is 5.56 Å². The Kier molecular flexibility index (Phi) is 4.73. The maximum absolute atomic E-state index is 13.9. The molecule has 0 aliphatic heterocycles. The Morgan fingerprint density at radius 1 is 1.05 bits per heavy atom. The molecule has 0 atom stereocenters. The Labute approximate surface area is 125 Å². The maximum Gasteiger partial charge on any atom is 0.144 e. The summed E-state index contributed by atoms with van der Waals surface area (Å²) in [5, 5.41) is 0. The monoisotopic (exact) mass is 340 g/mol. The smallest absolute Gasteiger partial charge is 0.144 e. The van der Waals surface area contributed by atoms with E-state index in [-0.39, 0.29) is 16.6 Å². The molecule has 20 heavy (non-hydrogen) atoms. The van der Waals surface area contributed by atoms with Gasteiger partial charge in [0.05, 0.1) is 4.47 Å². The van der Waals surface area contributed by atoms with E-state index < -0.39 is 11.6 Å². The van der Waals surface area contributed by atoms with E-state index in [1.165, 1.54) is 12.1 Å². The first-order chi connectivity index (χ1) is 9.47. The lowest BCUT2D eigenvalue weighted by molar-refractivity contribution is 0.307. The molecule has 2 nitrogen and oxygen atoms in total. The predicted octanol–water partition coefficient (Wildman–Crippen LogP) is 3.94. The standard InChI is InChI=1S/C15H15BrF2N2/c1-20(8-10-2-4-11(19)5-3-10)9-12-14(17)7-6-13(16)15(12)18/h2-7H,8-9,19H2,1H3. The first-order valence-corrected chi connectivity index (χ1v) is 6.92. The minimum absolute atomic E-state index is 0.0670. The molecule has 2 aromatic carbocycles. The molecule has 0 saturated carbocycles. The summed E-state index contributed by atoms with van der Waals surface area (Å²) in [6, 6.07) is 10.1. The zero-order valence-corrected chi connectivity index (χ0v) is 12.6. The lowest BCUT2D eigenvalue weighted by Crippen LogP contribution is -2.19. The van der Waals surface area contributed by atoms with Crippen LogP contribution in [0.2, 0.25) is 0 Å². The van der Waals surface area contributed by atoms with Gasteiger partial charge in [-0.1, -0.05) is 12.1 Å². The highest BCUT2D eigenvalue weighted by Gasteiger charge is 2.14. The lowest BCUT2D eigenvalue weighted by atomic mass is 10.1. The summed E-state index contributed by atoms with van der Waals surface area (Å²) in [5.41, 5.74) is 7.42. The Bertz CT molecular complexity index is 600. The number of nitrogens with zero attached hydrogens (tertiary/aromatic N) is 1. The molecule has 0 aromatic heterocycles. The Hall–Kier alpha value is -1.46. The average molecular weight is 341 g/mol. The first-order valence-electron chi connectivity index (χ1n) is 6.12. The SMILES string of the molecule is CN(Cc1ccc(N)cc1)Cc1c(F)ccc(Br)c1F. The molecule has 0 saturated heterocycles. The molecule has 0 aliphatic rings. The normalized spacial score (nSPS) is 11.1. The van der Waals surface area contributed by atoms with Gasteiger partial charge in [-0.25, -0.2) is 8.78 Å². The number of nitrogen functional groups attached to an aromatic ring is 1. The maximum atomic E-state index is 13.9. The van der Waals surface area contributed by atoms with Crippen molar-refractivity contribution in [2.75, 3.05) is 12.8 Å². The summed E-state index contributed by atoms with van der Waals surface area (Å²) in [4.78, 5) is 1.85. The fourth-order valence-corrected chi connectivity index (χ4v) is 2.35. The second-order valence-corrected chi connectivity index (χ2v) is 5.59. The summed E-state index contributed by atoms with van der Waals surface area (Å²) in [6.45, 7) is 0.785. The Morgan fingerprint density at radius 2 is 1.70 bits per heavy atom. The van der Waals surface area contributed by atoms with Crippen LogP contribution in [0.25, 0.3) is 0 Å². The van der Waals surface area contributed by atoms with Crippen LogP contribution in [0.3, 0.4) is 0 Å². The van der Waals surface area contributed by atoms with Gasteiger partial charge < -0.3 is 5.73 Å². The van der Waals surface area contributed by atoms with E-state index in [1.54, 1.807) is 0 Å². The molecule has 0 spiro atoms. The number of hydrogen-bond acceptors (Lipinski definition) is 2. The number of halogens is 3. The second-order valence-electron chi connectivity index (χ2n) is 4.74. The summed E-state index contributed by atoms with van der Waals surface area (Å²) < 4.78 is 27.8. The van der Waals surface area contributed by atoms with Crippen molar-refractivity contribution < 1.29 is 8.78 Å². The van der Waals surface area contributed by atoms with E-state index in [2.05, 4.69) is 15.9 Å². The van der Waals surface area contributed by atoms with E-state index in [9.17, 15) is 8.78 Å². The highest BCUT2D eigenvalue weighted by atomic mass is 79.9. The molecule has 0 unspecified atom stereocenters. The lowest BCUT2D eigenvalue weighted by Gasteiger charge is -2.18. The predicted molar refractivity (Wildman–Crippen MR) is 80.1 cm³/mol. The third kappa shape index (κ3) is 3.55. The van der Waals surface area contributed by atoms with Crippen molar-refractivity contribution in [1.29, 1.82) is 0 Å². The van der Waals surface area contributed by atoms with Crippen LogP contribution in [-0.4, -0.2) is 11.9 Å². The Balaban J connectivity index is 2.10. The van der Waals surface area contributed by atoms with Crippen LogP contribution in [0.5, 0.6) is 0 Å². The molecule has 0 bridgehead atoms. The Morgan fingerprint density at radius 3 is 2.35 bits per heavy atom. The molecule has 5 heteroatoms. The van der Waals surface area contributed by atoms with Gasteiger partial charge in [0.15, 0.2) is 0 Å². The van der Waals surface area contributed by atoms with Crippen molar-refractivity contribution in [3.63, 3.8) is 0 Å². The topological polar surface area (TPSA) is 29.3 Å². The van der Waals surface area contributed by atoms with E-state index in [1.807, 2.05) is 36.2 Å². The van der Waals surface area contributed by atoms with Crippen molar-refractivity contribution in [3.8, 4) is 0 Å². The minimum atomic E-state index is -0.547. The highest BCUT2D eigenvalue weighted by molar-refractivity contribution is 9.10. The molecule has 0 heterocycles. The van der Waals surface area contributed by atoms with Gasteiger partial charge in [0.25, 0.3) is 0 Å². The van der Waals surface area contributed by atoms with Crippen LogP contribution in [0, 0.1) is 11.6 Å². The van der Waals surface area contributed by atoms with Gasteiger partial charge in [0.1, 0.15) is 11.6 Å². The van der Waals surface area contributed by atoms with Gasteiger partial charge in [-0.15, -0.1) is 0 Å². The zero-order chi connectivity index (χ0) is 14.7. The summed E-state index contributed by atoms with van der Waals surface area (Å²) in [7, 11) is 1.82. The van der Waals surface area contributed by atoms with Crippen LogP contribution >= 0.6 is 15.9 Å². The van der Waals surface area contributed by atoms with Gasteiger partial charge in [-0.05, 0) is 52.8 Å². The van der Waals surface area contributed by atoms with Gasteiger partial charge in [-0.2, -0.15) is 0 Å². The quantitative estimate of drug-likeness (QED) is 0.674. The molecule has 2 aromatic rings. The molecular formula is C15H15BrF2N2. The van der Waals surface area contributed by atoms with Gasteiger partial charge >= 0.3 is 0 Å². The van der Waals surface area contributed by atoms with Crippen molar-refractivity contribution >= 4 is 21.6 Å². The van der Waals surface area contributed by atoms with Crippen molar-refractivity contribution in [1.82, 2.24) is 4.90 Å². The van der Waals surface area contributed by atoms with Crippen LogP contribution < -0.4 is 5.73 Å². The third-order valence-electron chi connectivity index (χ3n) is 3.00. The number of benzene rings is 2. The van der Waals surface area contributed by atoms with Crippen LogP contribution in [0.4, 0.5) is 14.5 Å². The highest BCUT2D eigenvalue weighted by Crippen LogP contribution is 2.23. The summed E-state index contributed by atoms with van der Waals surface area (Å²) >= 11 is 3.07. The average Bonchev–Trinajstić information content (AvgIpc) is 2.42. The first kappa shape index (κ1) is 14.9. The molecule has 2 N–H and O–H groups in total. The van der Waals surface area contributed by atoms with E-state index in [0.29, 0.717) is 12.2 Å². The minimum Gasteiger partial charge on any atom is -0.399 e. The molecular weight excluding hydrogens is 326 g/mol. The summed E-state index contributed by atoms with van der Waals surface area (Å²) in [6.07, 6.45) is 0. The number of anilines is 1. The van der Waals surface area contributed by atoms with Gasteiger partial charge in [-0.3, -0.25) is 4.90 Å². The fourth-order valence-electron chi connectivity index (χ4n) is 1.97. The molecule has 0 aliphatic carbocycles. The van der Waals surface area contributed by atoms with Gasteiger partial charge in [0, 0.05) is 24.3 Å².